The molecule has 0 amide bonds. The predicted octanol–water partition coefficient (Wildman–Crippen LogP) is 1.53. The summed E-state index contributed by atoms with van der Waals surface area (Å²) in [6.45, 7) is 4.06. The summed E-state index contributed by atoms with van der Waals surface area (Å²) in [5.74, 6) is 0. The molecule has 0 aliphatic rings. The first-order valence-corrected chi connectivity index (χ1v) is 4.58. The lowest BCUT2D eigenvalue weighted by Gasteiger charge is -2.25. The minimum Gasteiger partial charge on any atom is -0.367 e. The molecular formula is C11H12N3O. The molecule has 1 N–H and O–H groups in total. The average Bonchev–Trinajstić information content (AvgIpc) is 2.83. The Morgan fingerprint density at radius 1 is 1.47 bits per heavy atom. The first kappa shape index (κ1) is 9.86. The number of hydrogen-bond donors (Lipinski definition) is 1. The summed E-state index contributed by atoms with van der Waals surface area (Å²) in [5.41, 5.74) is 0.812. The zero-order chi connectivity index (χ0) is 10.7. The third kappa shape index (κ3) is 1.64. The van der Waals surface area contributed by atoms with Crippen LogP contribution in [-0.2, 0) is 10.3 Å². The SMILES string of the molecule is [CH2]C(OC)(c1cn[nH]c1)c1ccccn1. The van der Waals surface area contributed by atoms with E-state index in [9.17, 15) is 0 Å². The van der Waals surface area contributed by atoms with Gasteiger partial charge in [-0.15, -0.1) is 0 Å². The lowest BCUT2D eigenvalue weighted by molar-refractivity contribution is 0.0592. The minimum absolute atomic E-state index is 0.758. The number of rotatable bonds is 3. The van der Waals surface area contributed by atoms with Gasteiger partial charge >= 0.3 is 0 Å². The van der Waals surface area contributed by atoms with E-state index in [2.05, 4.69) is 22.1 Å². The third-order valence-electron chi connectivity index (χ3n) is 2.39. The van der Waals surface area contributed by atoms with Gasteiger partial charge in [-0.3, -0.25) is 10.1 Å². The minimum atomic E-state index is -0.797. The second-order valence-corrected chi connectivity index (χ2v) is 3.23. The van der Waals surface area contributed by atoms with E-state index in [0.29, 0.717) is 0 Å². The van der Waals surface area contributed by atoms with Crippen LogP contribution < -0.4 is 0 Å². The van der Waals surface area contributed by atoms with Crippen LogP contribution in [0, 0.1) is 6.92 Å². The van der Waals surface area contributed by atoms with Crippen molar-refractivity contribution in [3.8, 4) is 0 Å². The van der Waals surface area contributed by atoms with Gasteiger partial charge in [0.15, 0.2) is 0 Å². The number of nitrogens with one attached hydrogen (secondary N) is 1. The number of H-pyrrole nitrogens is 1. The van der Waals surface area contributed by atoms with Crippen molar-refractivity contribution in [2.75, 3.05) is 7.11 Å². The fourth-order valence-electron chi connectivity index (χ4n) is 1.44. The van der Waals surface area contributed by atoms with Gasteiger partial charge in [0.05, 0.1) is 11.9 Å². The Kier molecular flexibility index (Phi) is 2.51. The van der Waals surface area contributed by atoms with Crippen LogP contribution in [0.1, 0.15) is 11.3 Å². The Hall–Kier alpha value is -1.68. The van der Waals surface area contributed by atoms with Gasteiger partial charge in [0.25, 0.3) is 0 Å². The van der Waals surface area contributed by atoms with Crippen LogP contribution in [0.15, 0.2) is 36.8 Å². The molecule has 1 radical (unpaired) electrons. The maximum atomic E-state index is 5.43. The first-order valence-electron chi connectivity index (χ1n) is 4.58. The lowest BCUT2D eigenvalue weighted by atomic mass is 9.94. The molecule has 2 aromatic heterocycles. The van der Waals surface area contributed by atoms with E-state index in [1.165, 1.54) is 0 Å². The van der Waals surface area contributed by atoms with Crippen molar-refractivity contribution in [1.82, 2.24) is 15.2 Å². The summed E-state index contributed by atoms with van der Waals surface area (Å²) in [7, 11) is 1.61. The summed E-state index contributed by atoms with van der Waals surface area (Å²) in [6.07, 6.45) is 5.16. The quantitative estimate of drug-likeness (QED) is 0.821. The molecule has 4 nitrogen and oxygen atoms in total. The largest absolute Gasteiger partial charge is 0.367 e. The number of pyridine rings is 1. The van der Waals surface area contributed by atoms with Crippen molar-refractivity contribution in [2.24, 2.45) is 0 Å². The van der Waals surface area contributed by atoms with Gasteiger partial charge in [0, 0.05) is 25.1 Å². The zero-order valence-electron chi connectivity index (χ0n) is 8.47. The number of ether oxygens (including phenoxy) is 1. The second kappa shape index (κ2) is 3.82. The predicted molar refractivity (Wildman–Crippen MR) is 56.0 cm³/mol. The fourth-order valence-corrected chi connectivity index (χ4v) is 1.44. The molecule has 0 saturated carbocycles. The molecule has 0 aliphatic carbocycles. The number of aromatic nitrogens is 3. The molecule has 1 atom stereocenters. The van der Waals surface area contributed by atoms with Crippen molar-refractivity contribution in [3.63, 3.8) is 0 Å². The van der Waals surface area contributed by atoms with E-state index in [1.54, 1.807) is 25.7 Å². The van der Waals surface area contributed by atoms with Gasteiger partial charge in [-0.25, -0.2) is 0 Å². The van der Waals surface area contributed by atoms with E-state index < -0.39 is 5.60 Å². The Labute approximate surface area is 88.3 Å². The van der Waals surface area contributed by atoms with Gasteiger partial charge in [0.1, 0.15) is 5.60 Å². The van der Waals surface area contributed by atoms with Gasteiger partial charge in [0.2, 0.25) is 0 Å². The summed E-state index contributed by atoms with van der Waals surface area (Å²) >= 11 is 0. The number of nitrogens with zero attached hydrogens (tertiary/aromatic N) is 2. The third-order valence-corrected chi connectivity index (χ3v) is 2.39. The molecular weight excluding hydrogens is 190 g/mol. The van der Waals surface area contributed by atoms with Crippen LogP contribution in [0.5, 0.6) is 0 Å². The van der Waals surface area contributed by atoms with E-state index in [1.807, 2.05) is 18.2 Å². The molecule has 0 aromatic carbocycles. The molecule has 4 heteroatoms. The lowest BCUT2D eigenvalue weighted by Crippen LogP contribution is -2.27. The Bertz CT molecular complexity index is 413. The average molecular weight is 202 g/mol. The van der Waals surface area contributed by atoms with Gasteiger partial charge in [-0.05, 0) is 19.1 Å². The van der Waals surface area contributed by atoms with Crippen molar-refractivity contribution in [1.29, 1.82) is 0 Å². The highest BCUT2D eigenvalue weighted by Gasteiger charge is 2.30. The normalized spacial score (nSPS) is 14.8. The van der Waals surface area contributed by atoms with Crippen LogP contribution in [-0.4, -0.2) is 22.3 Å². The molecule has 2 aromatic rings. The van der Waals surface area contributed by atoms with Crippen LogP contribution in [0.2, 0.25) is 0 Å². The molecule has 2 heterocycles. The smallest absolute Gasteiger partial charge is 0.138 e. The van der Waals surface area contributed by atoms with Crippen LogP contribution in [0.4, 0.5) is 0 Å². The fraction of sp³-hybridized carbons (Fsp3) is 0.182. The van der Waals surface area contributed by atoms with Crippen LogP contribution in [0.25, 0.3) is 0 Å². The highest BCUT2D eigenvalue weighted by molar-refractivity contribution is 5.30. The zero-order valence-corrected chi connectivity index (χ0v) is 8.47. The van der Waals surface area contributed by atoms with Crippen molar-refractivity contribution in [2.45, 2.75) is 5.60 Å². The van der Waals surface area contributed by atoms with E-state index >= 15 is 0 Å². The van der Waals surface area contributed by atoms with Crippen molar-refractivity contribution < 1.29 is 4.74 Å². The number of aromatic amines is 1. The van der Waals surface area contributed by atoms with Crippen molar-refractivity contribution in [3.05, 3.63) is 55.0 Å². The van der Waals surface area contributed by atoms with Crippen LogP contribution >= 0.6 is 0 Å². The molecule has 0 aliphatic heterocycles. The van der Waals surface area contributed by atoms with E-state index in [4.69, 9.17) is 4.74 Å². The van der Waals surface area contributed by atoms with Gasteiger partial charge in [-0.1, -0.05) is 6.07 Å². The number of hydrogen-bond acceptors (Lipinski definition) is 3. The molecule has 77 valence electrons. The highest BCUT2D eigenvalue weighted by Crippen LogP contribution is 2.29. The maximum absolute atomic E-state index is 5.43. The Morgan fingerprint density at radius 2 is 2.33 bits per heavy atom. The highest BCUT2D eigenvalue weighted by atomic mass is 16.5. The molecule has 1 unspecified atom stereocenters. The van der Waals surface area contributed by atoms with E-state index in [0.717, 1.165) is 11.3 Å². The summed E-state index contributed by atoms with van der Waals surface area (Å²) in [6, 6.07) is 5.64. The Balaban J connectivity index is 2.47. The first-order chi connectivity index (χ1) is 7.27. The van der Waals surface area contributed by atoms with Gasteiger partial charge in [-0.2, -0.15) is 5.10 Å². The summed E-state index contributed by atoms with van der Waals surface area (Å²) < 4.78 is 5.43. The molecule has 0 bridgehead atoms. The molecule has 15 heavy (non-hydrogen) atoms. The van der Waals surface area contributed by atoms with Crippen LogP contribution in [0.3, 0.4) is 0 Å². The molecule has 0 saturated heterocycles. The topological polar surface area (TPSA) is 50.8 Å². The summed E-state index contributed by atoms with van der Waals surface area (Å²) in [4.78, 5) is 4.25. The standard InChI is InChI=1S/C11H12N3O/c1-11(15-2,9-7-13-14-8-9)10-5-3-4-6-12-10/h3-8H,1H2,2H3,(H,13,14). The molecule has 0 fully saturated rings. The second-order valence-electron chi connectivity index (χ2n) is 3.23. The molecule has 0 spiro atoms. The Morgan fingerprint density at radius 3 is 2.87 bits per heavy atom. The monoisotopic (exact) mass is 202 g/mol. The van der Waals surface area contributed by atoms with Crippen molar-refractivity contribution >= 4 is 0 Å². The van der Waals surface area contributed by atoms with Gasteiger partial charge < -0.3 is 4.74 Å². The van der Waals surface area contributed by atoms with E-state index in [-0.39, 0.29) is 0 Å². The summed E-state index contributed by atoms with van der Waals surface area (Å²) in [5, 5.41) is 6.63. The number of methoxy groups -OCH3 is 1. The molecule has 2 rings (SSSR count). The maximum Gasteiger partial charge on any atom is 0.138 e.